The van der Waals surface area contributed by atoms with Crippen LogP contribution < -0.4 is 19.9 Å². The Morgan fingerprint density at radius 1 is 1.05 bits per heavy atom. The number of hydrogen-bond acceptors (Lipinski definition) is 4. The van der Waals surface area contributed by atoms with Gasteiger partial charge in [0.15, 0.2) is 11.5 Å². The summed E-state index contributed by atoms with van der Waals surface area (Å²) in [6, 6.07) is 1.71. The standard InChI is InChI=1S/C12H16F3NO3/c1-17-9-5-4-7(8(16)6-12(13,14)15)10(18-2)11(9)19-3/h4-5,8H,6,16H2,1-3H3. The average Bonchev–Trinajstić information content (AvgIpc) is 2.34. The van der Waals surface area contributed by atoms with Gasteiger partial charge in [-0.2, -0.15) is 13.2 Å². The molecule has 0 bridgehead atoms. The van der Waals surface area contributed by atoms with Gasteiger partial charge in [-0.05, 0) is 12.1 Å². The van der Waals surface area contributed by atoms with E-state index < -0.39 is 18.6 Å². The van der Waals surface area contributed by atoms with Crippen molar-refractivity contribution in [1.82, 2.24) is 0 Å². The lowest BCUT2D eigenvalue weighted by atomic mass is 10.0. The Labute approximate surface area is 109 Å². The van der Waals surface area contributed by atoms with Gasteiger partial charge in [0.1, 0.15) is 0 Å². The zero-order chi connectivity index (χ0) is 14.6. The van der Waals surface area contributed by atoms with E-state index in [4.69, 9.17) is 19.9 Å². The molecular weight excluding hydrogens is 263 g/mol. The quantitative estimate of drug-likeness (QED) is 0.900. The Bertz CT molecular complexity index is 435. The number of benzene rings is 1. The predicted molar refractivity (Wildman–Crippen MR) is 63.7 cm³/mol. The van der Waals surface area contributed by atoms with Gasteiger partial charge in [0, 0.05) is 11.6 Å². The zero-order valence-corrected chi connectivity index (χ0v) is 10.9. The van der Waals surface area contributed by atoms with Crippen molar-refractivity contribution in [2.75, 3.05) is 21.3 Å². The first-order chi connectivity index (χ1) is 8.84. The zero-order valence-electron chi connectivity index (χ0n) is 10.9. The van der Waals surface area contributed by atoms with Crippen molar-refractivity contribution in [3.8, 4) is 17.2 Å². The molecule has 1 aromatic carbocycles. The molecule has 1 aromatic rings. The lowest BCUT2D eigenvalue weighted by Gasteiger charge is -2.20. The summed E-state index contributed by atoms with van der Waals surface area (Å²) < 4.78 is 52.4. The van der Waals surface area contributed by atoms with Gasteiger partial charge in [-0.25, -0.2) is 0 Å². The molecule has 1 rings (SSSR count). The van der Waals surface area contributed by atoms with E-state index in [0.29, 0.717) is 5.75 Å². The summed E-state index contributed by atoms with van der Waals surface area (Å²) in [5.41, 5.74) is 5.80. The van der Waals surface area contributed by atoms with Crippen LogP contribution >= 0.6 is 0 Å². The molecule has 2 N–H and O–H groups in total. The van der Waals surface area contributed by atoms with Crippen LogP contribution in [0.25, 0.3) is 0 Å². The highest BCUT2D eigenvalue weighted by Gasteiger charge is 2.33. The van der Waals surface area contributed by atoms with Crippen LogP contribution in [0.15, 0.2) is 12.1 Å². The summed E-state index contributed by atoms with van der Waals surface area (Å²) in [4.78, 5) is 0. The molecule has 0 aliphatic carbocycles. The van der Waals surface area contributed by atoms with E-state index in [2.05, 4.69) is 0 Å². The molecule has 0 amide bonds. The molecule has 7 heteroatoms. The fourth-order valence-corrected chi connectivity index (χ4v) is 1.78. The fraction of sp³-hybridized carbons (Fsp3) is 0.500. The second-order valence-corrected chi connectivity index (χ2v) is 3.85. The van der Waals surface area contributed by atoms with Crippen LogP contribution in [0.2, 0.25) is 0 Å². The summed E-state index contributed by atoms with van der Waals surface area (Å²) in [6.07, 6.45) is -5.49. The van der Waals surface area contributed by atoms with Gasteiger partial charge in [-0.3, -0.25) is 0 Å². The maximum absolute atomic E-state index is 12.4. The molecule has 1 unspecified atom stereocenters. The number of rotatable bonds is 5. The first-order valence-electron chi connectivity index (χ1n) is 5.45. The number of nitrogens with two attached hydrogens (primary N) is 1. The van der Waals surface area contributed by atoms with E-state index in [9.17, 15) is 13.2 Å². The minimum absolute atomic E-state index is 0.151. The number of alkyl halides is 3. The van der Waals surface area contributed by atoms with Crippen LogP contribution in [-0.4, -0.2) is 27.5 Å². The van der Waals surface area contributed by atoms with Gasteiger partial charge in [0.05, 0.1) is 27.8 Å². The molecule has 0 spiro atoms. The van der Waals surface area contributed by atoms with Crippen molar-refractivity contribution in [2.45, 2.75) is 18.6 Å². The minimum atomic E-state index is -4.35. The second kappa shape index (κ2) is 6.01. The molecular formula is C12H16F3NO3. The fourth-order valence-electron chi connectivity index (χ4n) is 1.78. The van der Waals surface area contributed by atoms with E-state index in [1.807, 2.05) is 0 Å². The first-order valence-corrected chi connectivity index (χ1v) is 5.45. The van der Waals surface area contributed by atoms with E-state index in [1.165, 1.54) is 33.5 Å². The van der Waals surface area contributed by atoms with Crippen LogP contribution in [-0.2, 0) is 0 Å². The molecule has 0 heterocycles. The normalized spacial score (nSPS) is 13.0. The van der Waals surface area contributed by atoms with E-state index in [0.717, 1.165) is 0 Å². The van der Waals surface area contributed by atoms with Crippen molar-refractivity contribution in [3.63, 3.8) is 0 Å². The molecule has 0 fully saturated rings. The Hall–Kier alpha value is -1.63. The van der Waals surface area contributed by atoms with Crippen LogP contribution in [0.1, 0.15) is 18.0 Å². The molecule has 0 aromatic heterocycles. The van der Waals surface area contributed by atoms with Crippen LogP contribution in [0.4, 0.5) is 13.2 Å². The first kappa shape index (κ1) is 15.4. The van der Waals surface area contributed by atoms with E-state index in [1.54, 1.807) is 0 Å². The number of methoxy groups -OCH3 is 3. The highest BCUT2D eigenvalue weighted by Crippen LogP contribution is 2.43. The Balaban J connectivity index is 3.21. The maximum atomic E-state index is 12.4. The summed E-state index contributed by atoms with van der Waals surface area (Å²) in [5, 5.41) is 0. The molecule has 4 nitrogen and oxygen atoms in total. The Morgan fingerprint density at radius 2 is 1.63 bits per heavy atom. The SMILES string of the molecule is COc1ccc(C(N)CC(F)(F)F)c(OC)c1OC. The van der Waals surface area contributed by atoms with Crippen LogP contribution in [0.3, 0.4) is 0 Å². The molecule has 0 aliphatic heterocycles. The average molecular weight is 279 g/mol. The summed E-state index contributed by atoms with van der Waals surface area (Å²) >= 11 is 0. The van der Waals surface area contributed by atoms with Crippen molar-refractivity contribution >= 4 is 0 Å². The number of ether oxygens (including phenoxy) is 3. The lowest BCUT2D eigenvalue weighted by molar-refractivity contribution is -0.138. The molecule has 0 radical (unpaired) electrons. The summed E-state index contributed by atoms with van der Waals surface area (Å²) in [7, 11) is 4.13. The van der Waals surface area contributed by atoms with Gasteiger partial charge in [-0.15, -0.1) is 0 Å². The predicted octanol–water partition coefficient (Wildman–Crippen LogP) is 2.66. The highest BCUT2D eigenvalue weighted by molar-refractivity contribution is 5.56. The molecule has 19 heavy (non-hydrogen) atoms. The number of hydrogen-bond donors (Lipinski definition) is 1. The van der Waals surface area contributed by atoms with Gasteiger partial charge in [-0.1, -0.05) is 0 Å². The molecule has 108 valence electrons. The minimum Gasteiger partial charge on any atom is -0.493 e. The van der Waals surface area contributed by atoms with Crippen LogP contribution in [0.5, 0.6) is 17.2 Å². The second-order valence-electron chi connectivity index (χ2n) is 3.85. The van der Waals surface area contributed by atoms with Crippen molar-refractivity contribution in [3.05, 3.63) is 17.7 Å². The largest absolute Gasteiger partial charge is 0.493 e. The lowest BCUT2D eigenvalue weighted by Crippen LogP contribution is -2.21. The van der Waals surface area contributed by atoms with Crippen molar-refractivity contribution in [2.24, 2.45) is 5.73 Å². The van der Waals surface area contributed by atoms with E-state index >= 15 is 0 Å². The van der Waals surface area contributed by atoms with Crippen molar-refractivity contribution in [1.29, 1.82) is 0 Å². The Morgan fingerprint density at radius 3 is 2.05 bits per heavy atom. The molecule has 0 saturated heterocycles. The summed E-state index contributed by atoms with van der Waals surface area (Å²) in [6.45, 7) is 0. The molecule has 0 aliphatic rings. The van der Waals surface area contributed by atoms with Gasteiger partial charge < -0.3 is 19.9 Å². The highest BCUT2D eigenvalue weighted by atomic mass is 19.4. The maximum Gasteiger partial charge on any atom is 0.390 e. The van der Waals surface area contributed by atoms with Gasteiger partial charge in [0.2, 0.25) is 5.75 Å². The smallest absolute Gasteiger partial charge is 0.390 e. The monoisotopic (exact) mass is 279 g/mol. The molecule has 0 saturated carbocycles. The molecule has 1 atom stereocenters. The Kier molecular flexibility index (Phi) is 4.88. The van der Waals surface area contributed by atoms with Gasteiger partial charge in [0.25, 0.3) is 0 Å². The third-order valence-corrected chi connectivity index (χ3v) is 2.59. The van der Waals surface area contributed by atoms with Crippen molar-refractivity contribution < 1.29 is 27.4 Å². The van der Waals surface area contributed by atoms with E-state index in [-0.39, 0.29) is 17.1 Å². The topological polar surface area (TPSA) is 53.7 Å². The summed E-state index contributed by atoms with van der Waals surface area (Å²) in [5.74, 6) is 0.737. The number of halogens is 3. The third kappa shape index (κ3) is 3.66. The van der Waals surface area contributed by atoms with Crippen LogP contribution in [0, 0.1) is 0 Å². The van der Waals surface area contributed by atoms with Gasteiger partial charge >= 0.3 is 6.18 Å². The third-order valence-electron chi connectivity index (χ3n) is 2.59.